The fourth-order valence-electron chi connectivity index (χ4n) is 3.45. The van der Waals surface area contributed by atoms with Gasteiger partial charge in [0.05, 0.1) is 5.92 Å². The van der Waals surface area contributed by atoms with Crippen LogP contribution in [0.1, 0.15) is 52.9 Å². The summed E-state index contributed by atoms with van der Waals surface area (Å²) in [6, 6.07) is 0. The largest absolute Gasteiger partial charge is 0.481 e. The molecule has 0 unspecified atom stereocenters. The molecule has 2 atom stereocenters. The molecule has 2 aliphatic rings. The Hall–Kier alpha value is -1.26. The SMILES string of the molecule is CC(C)(C)OC(=O)N1CC[C@@]2(CCC[C@H](C(=O)O)C2)C1. The first-order chi connectivity index (χ1) is 9.21. The van der Waals surface area contributed by atoms with Crippen molar-refractivity contribution in [3.63, 3.8) is 0 Å². The lowest BCUT2D eigenvalue weighted by atomic mass is 9.69. The topological polar surface area (TPSA) is 66.8 Å². The number of carboxylic acids is 1. The Balaban J connectivity index is 1.97. The highest BCUT2D eigenvalue weighted by Gasteiger charge is 2.45. The standard InChI is InChI=1S/C15H25NO4/c1-14(2,3)20-13(19)16-8-7-15(10-16)6-4-5-11(9-15)12(17)18/h11H,4-10H2,1-3H3,(H,17,18)/t11-,15+/m0/s1. The van der Waals surface area contributed by atoms with E-state index in [1.807, 2.05) is 20.8 Å². The molecule has 0 aromatic carbocycles. The van der Waals surface area contributed by atoms with Crippen LogP contribution in [0.4, 0.5) is 4.79 Å². The van der Waals surface area contributed by atoms with Crippen LogP contribution in [0.5, 0.6) is 0 Å². The van der Waals surface area contributed by atoms with Gasteiger partial charge in [0.15, 0.2) is 0 Å². The van der Waals surface area contributed by atoms with Gasteiger partial charge in [-0.25, -0.2) is 4.79 Å². The Bertz CT molecular complexity index is 401. The summed E-state index contributed by atoms with van der Waals surface area (Å²) in [5.74, 6) is -0.942. The number of aliphatic carboxylic acids is 1. The molecule has 1 aliphatic carbocycles. The minimum atomic E-state index is -0.695. The molecular weight excluding hydrogens is 258 g/mol. The van der Waals surface area contributed by atoms with Crippen molar-refractivity contribution in [1.29, 1.82) is 0 Å². The van der Waals surface area contributed by atoms with E-state index >= 15 is 0 Å². The van der Waals surface area contributed by atoms with Crippen molar-refractivity contribution in [1.82, 2.24) is 4.90 Å². The third-order valence-corrected chi connectivity index (χ3v) is 4.38. The van der Waals surface area contributed by atoms with E-state index in [0.29, 0.717) is 19.5 Å². The third kappa shape index (κ3) is 3.44. The van der Waals surface area contributed by atoms with E-state index in [9.17, 15) is 14.7 Å². The van der Waals surface area contributed by atoms with Crippen LogP contribution in [-0.4, -0.2) is 40.8 Å². The Morgan fingerprint density at radius 2 is 2.00 bits per heavy atom. The van der Waals surface area contributed by atoms with Crippen molar-refractivity contribution < 1.29 is 19.4 Å². The molecule has 0 aromatic heterocycles. The molecule has 20 heavy (non-hydrogen) atoms. The molecule has 1 aliphatic heterocycles. The normalized spacial score (nSPS) is 30.6. The van der Waals surface area contributed by atoms with Crippen LogP contribution < -0.4 is 0 Å². The first-order valence-corrected chi connectivity index (χ1v) is 7.42. The van der Waals surface area contributed by atoms with Gasteiger partial charge in [-0.2, -0.15) is 0 Å². The summed E-state index contributed by atoms with van der Waals surface area (Å²) in [6.07, 6.45) is 4.06. The Morgan fingerprint density at radius 1 is 1.30 bits per heavy atom. The van der Waals surface area contributed by atoms with Gasteiger partial charge >= 0.3 is 12.1 Å². The van der Waals surface area contributed by atoms with E-state index < -0.39 is 11.6 Å². The summed E-state index contributed by atoms with van der Waals surface area (Å²) in [5.41, 5.74) is -0.485. The minimum absolute atomic E-state index is 0.00177. The zero-order chi connectivity index (χ0) is 15.0. The lowest BCUT2D eigenvalue weighted by Gasteiger charge is -2.36. The number of carbonyl (C=O) groups is 2. The van der Waals surface area contributed by atoms with Gasteiger partial charge in [-0.15, -0.1) is 0 Å². The van der Waals surface area contributed by atoms with Gasteiger partial charge in [0.2, 0.25) is 0 Å². The molecule has 2 fully saturated rings. The molecular formula is C15H25NO4. The predicted octanol–water partition coefficient (Wildman–Crippen LogP) is 2.89. The number of carbonyl (C=O) groups excluding carboxylic acids is 1. The Labute approximate surface area is 120 Å². The van der Waals surface area contributed by atoms with E-state index in [4.69, 9.17) is 4.74 Å². The smallest absolute Gasteiger partial charge is 0.410 e. The quantitative estimate of drug-likeness (QED) is 0.803. The number of ether oxygens (including phenoxy) is 1. The molecule has 0 aromatic rings. The van der Waals surface area contributed by atoms with Gasteiger partial charge < -0.3 is 14.7 Å². The zero-order valence-electron chi connectivity index (χ0n) is 12.6. The molecule has 1 heterocycles. The minimum Gasteiger partial charge on any atom is -0.481 e. The molecule has 5 nitrogen and oxygen atoms in total. The van der Waals surface area contributed by atoms with Crippen LogP contribution in [0.25, 0.3) is 0 Å². The fourth-order valence-corrected chi connectivity index (χ4v) is 3.45. The number of nitrogens with zero attached hydrogens (tertiary/aromatic N) is 1. The predicted molar refractivity (Wildman–Crippen MR) is 74.5 cm³/mol. The number of amides is 1. The second-order valence-corrected chi connectivity index (χ2v) is 7.28. The fraction of sp³-hybridized carbons (Fsp3) is 0.867. The summed E-state index contributed by atoms with van der Waals surface area (Å²) < 4.78 is 5.40. The monoisotopic (exact) mass is 283 g/mol. The molecule has 2 rings (SSSR count). The highest BCUT2D eigenvalue weighted by Crippen LogP contribution is 2.46. The molecule has 0 bridgehead atoms. The van der Waals surface area contributed by atoms with Crippen LogP contribution >= 0.6 is 0 Å². The van der Waals surface area contributed by atoms with Gasteiger partial charge in [-0.1, -0.05) is 6.42 Å². The van der Waals surface area contributed by atoms with Crippen molar-refractivity contribution in [3.8, 4) is 0 Å². The average molecular weight is 283 g/mol. The zero-order valence-corrected chi connectivity index (χ0v) is 12.6. The number of likely N-dealkylation sites (tertiary alicyclic amines) is 1. The molecule has 0 radical (unpaired) electrons. The summed E-state index contributed by atoms with van der Waals surface area (Å²) in [7, 11) is 0. The van der Waals surface area contributed by atoms with Crippen LogP contribution in [0.2, 0.25) is 0 Å². The van der Waals surface area contributed by atoms with Crippen LogP contribution in [0.3, 0.4) is 0 Å². The van der Waals surface area contributed by atoms with Gasteiger partial charge in [0.25, 0.3) is 0 Å². The lowest BCUT2D eigenvalue weighted by molar-refractivity contribution is -0.144. The van der Waals surface area contributed by atoms with Crippen LogP contribution in [0.15, 0.2) is 0 Å². The van der Waals surface area contributed by atoms with Crippen molar-refractivity contribution in [3.05, 3.63) is 0 Å². The first-order valence-electron chi connectivity index (χ1n) is 7.42. The highest BCUT2D eigenvalue weighted by molar-refractivity contribution is 5.70. The second-order valence-electron chi connectivity index (χ2n) is 7.28. The van der Waals surface area contributed by atoms with E-state index in [1.165, 1.54) is 0 Å². The van der Waals surface area contributed by atoms with E-state index in [2.05, 4.69) is 0 Å². The molecule has 1 spiro atoms. The van der Waals surface area contributed by atoms with Crippen molar-refractivity contribution in [2.75, 3.05) is 13.1 Å². The van der Waals surface area contributed by atoms with E-state index in [0.717, 1.165) is 25.7 Å². The molecule has 1 N–H and O–H groups in total. The van der Waals surface area contributed by atoms with Gasteiger partial charge in [0.1, 0.15) is 5.60 Å². The van der Waals surface area contributed by atoms with Crippen molar-refractivity contribution in [2.45, 2.75) is 58.5 Å². The van der Waals surface area contributed by atoms with Gasteiger partial charge in [-0.05, 0) is 51.9 Å². The first kappa shape index (κ1) is 15.1. The highest BCUT2D eigenvalue weighted by atomic mass is 16.6. The maximum absolute atomic E-state index is 12.1. The molecule has 1 amide bonds. The summed E-state index contributed by atoms with van der Waals surface area (Å²) >= 11 is 0. The lowest BCUT2D eigenvalue weighted by Crippen LogP contribution is -2.39. The maximum atomic E-state index is 12.1. The number of rotatable bonds is 1. The van der Waals surface area contributed by atoms with Gasteiger partial charge in [-0.3, -0.25) is 4.79 Å². The summed E-state index contributed by atoms with van der Waals surface area (Å²) in [6.45, 7) is 6.90. The van der Waals surface area contributed by atoms with E-state index in [1.54, 1.807) is 4.90 Å². The summed E-state index contributed by atoms with van der Waals surface area (Å²) in [5, 5.41) is 9.20. The number of carboxylic acid groups (broad SMARTS) is 1. The molecule has 114 valence electrons. The molecule has 1 saturated heterocycles. The second kappa shape index (κ2) is 5.26. The summed E-state index contributed by atoms with van der Waals surface area (Å²) in [4.78, 5) is 25.0. The third-order valence-electron chi connectivity index (χ3n) is 4.38. The average Bonchev–Trinajstić information content (AvgIpc) is 2.71. The van der Waals surface area contributed by atoms with Crippen LogP contribution in [-0.2, 0) is 9.53 Å². The van der Waals surface area contributed by atoms with Crippen molar-refractivity contribution in [2.24, 2.45) is 11.3 Å². The van der Waals surface area contributed by atoms with Gasteiger partial charge in [0, 0.05) is 13.1 Å². The molecule has 5 heteroatoms. The van der Waals surface area contributed by atoms with Crippen molar-refractivity contribution >= 4 is 12.1 Å². The maximum Gasteiger partial charge on any atom is 0.410 e. The Morgan fingerprint density at radius 3 is 2.60 bits per heavy atom. The number of hydrogen-bond acceptors (Lipinski definition) is 3. The van der Waals surface area contributed by atoms with Crippen LogP contribution in [0, 0.1) is 11.3 Å². The Kier molecular flexibility index (Phi) is 3.98. The number of hydrogen-bond donors (Lipinski definition) is 1. The molecule has 1 saturated carbocycles. The van der Waals surface area contributed by atoms with E-state index in [-0.39, 0.29) is 17.4 Å².